The molecule has 132 valence electrons. The number of nitrogens with one attached hydrogen (secondary N) is 1. The first-order valence-corrected chi connectivity index (χ1v) is 8.07. The van der Waals surface area contributed by atoms with E-state index in [1.54, 1.807) is 19.1 Å². The molecular weight excluding hydrogens is 320 g/mol. The van der Waals surface area contributed by atoms with Crippen molar-refractivity contribution in [2.75, 3.05) is 0 Å². The number of hydrogen-bond acceptors (Lipinski definition) is 5. The molecule has 7 nitrogen and oxygen atoms in total. The van der Waals surface area contributed by atoms with Gasteiger partial charge in [0.2, 0.25) is 0 Å². The molecular formula is C18H22N4O3. The Morgan fingerprint density at radius 1 is 1.28 bits per heavy atom. The van der Waals surface area contributed by atoms with Gasteiger partial charge in [-0.05, 0) is 32.3 Å². The standard InChI is InChI=1S/C18H22N4O3/c1-12(5-3-6-13(2)11-17(24)25)9-10-14-15(7-4-8-16(14)23)18-19-21-22-20-18/h3,5-6,9-11,15,23H,4,7-8H2,1-2H3,(H,24,25)(H,19,20,21,22)/b6-3+,10-9+,12-5+,13-11+/t15-/m0/s1. The van der Waals surface area contributed by atoms with Gasteiger partial charge in [0.25, 0.3) is 0 Å². The number of carbonyl (C=O) groups is 1. The van der Waals surface area contributed by atoms with Crippen molar-refractivity contribution in [2.24, 2.45) is 0 Å². The van der Waals surface area contributed by atoms with Gasteiger partial charge in [-0.2, -0.15) is 5.21 Å². The highest BCUT2D eigenvalue weighted by Crippen LogP contribution is 2.35. The summed E-state index contributed by atoms with van der Waals surface area (Å²) in [5, 5.41) is 33.0. The van der Waals surface area contributed by atoms with E-state index in [0.29, 0.717) is 23.6 Å². The van der Waals surface area contributed by atoms with Crippen LogP contribution in [0.1, 0.15) is 44.9 Å². The van der Waals surface area contributed by atoms with E-state index in [2.05, 4.69) is 20.6 Å². The number of H-pyrrole nitrogens is 1. The Bertz CT molecular complexity index is 755. The van der Waals surface area contributed by atoms with Gasteiger partial charge in [0.15, 0.2) is 5.82 Å². The molecule has 0 aliphatic heterocycles. The Balaban J connectivity index is 2.11. The smallest absolute Gasteiger partial charge is 0.328 e. The molecule has 2 rings (SSSR count). The van der Waals surface area contributed by atoms with Gasteiger partial charge in [-0.3, -0.25) is 0 Å². The second kappa shape index (κ2) is 8.77. The van der Waals surface area contributed by atoms with Crippen molar-refractivity contribution < 1.29 is 15.0 Å². The summed E-state index contributed by atoms with van der Waals surface area (Å²) in [6.45, 7) is 3.66. The molecule has 0 unspecified atom stereocenters. The number of aromatic amines is 1. The molecule has 0 fully saturated rings. The largest absolute Gasteiger partial charge is 0.512 e. The summed E-state index contributed by atoms with van der Waals surface area (Å²) >= 11 is 0. The van der Waals surface area contributed by atoms with Crippen LogP contribution in [-0.4, -0.2) is 36.8 Å². The maximum absolute atomic E-state index is 10.6. The summed E-state index contributed by atoms with van der Waals surface area (Å²) in [7, 11) is 0. The normalized spacial score (nSPS) is 20.0. The molecule has 0 bridgehead atoms. The molecule has 0 amide bonds. The third kappa shape index (κ3) is 5.56. The molecule has 0 saturated heterocycles. The predicted molar refractivity (Wildman–Crippen MR) is 93.9 cm³/mol. The fourth-order valence-corrected chi connectivity index (χ4v) is 2.64. The second-order valence-corrected chi connectivity index (χ2v) is 5.95. The van der Waals surface area contributed by atoms with E-state index in [4.69, 9.17) is 5.11 Å². The topological polar surface area (TPSA) is 112 Å². The van der Waals surface area contributed by atoms with Crippen molar-refractivity contribution in [1.82, 2.24) is 20.6 Å². The number of allylic oxidation sites excluding steroid dienone is 9. The quantitative estimate of drug-likeness (QED) is 0.540. The zero-order valence-electron chi connectivity index (χ0n) is 14.3. The van der Waals surface area contributed by atoms with E-state index >= 15 is 0 Å². The third-order valence-corrected chi connectivity index (χ3v) is 3.88. The highest BCUT2D eigenvalue weighted by atomic mass is 16.4. The lowest BCUT2D eigenvalue weighted by atomic mass is 9.85. The van der Waals surface area contributed by atoms with Crippen LogP contribution in [-0.2, 0) is 4.79 Å². The van der Waals surface area contributed by atoms with Crippen LogP contribution < -0.4 is 0 Å². The lowest BCUT2D eigenvalue weighted by Gasteiger charge is -2.21. The van der Waals surface area contributed by atoms with Crippen molar-refractivity contribution in [2.45, 2.75) is 39.0 Å². The van der Waals surface area contributed by atoms with E-state index in [1.165, 1.54) is 0 Å². The van der Waals surface area contributed by atoms with Crippen molar-refractivity contribution >= 4 is 5.97 Å². The summed E-state index contributed by atoms with van der Waals surface area (Å²) in [5.41, 5.74) is 2.44. The van der Waals surface area contributed by atoms with E-state index in [-0.39, 0.29) is 5.92 Å². The molecule has 7 heteroatoms. The number of aliphatic hydroxyl groups excluding tert-OH is 1. The lowest BCUT2D eigenvalue weighted by molar-refractivity contribution is -0.131. The highest BCUT2D eigenvalue weighted by Gasteiger charge is 2.25. The predicted octanol–water partition coefficient (Wildman–Crippen LogP) is 3.37. The minimum atomic E-state index is -0.963. The third-order valence-electron chi connectivity index (χ3n) is 3.88. The summed E-state index contributed by atoms with van der Waals surface area (Å²) in [6.07, 6.45) is 12.7. The molecule has 1 aromatic heterocycles. The summed E-state index contributed by atoms with van der Waals surface area (Å²) in [5.74, 6) is -0.0782. The Hall–Kier alpha value is -2.96. The Labute approximate surface area is 146 Å². The van der Waals surface area contributed by atoms with Crippen molar-refractivity contribution in [3.05, 3.63) is 64.8 Å². The molecule has 0 aromatic carbocycles. The molecule has 1 heterocycles. The van der Waals surface area contributed by atoms with E-state index in [9.17, 15) is 9.90 Å². The number of carboxylic acid groups (broad SMARTS) is 1. The molecule has 1 aliphatic rings. The monoisotopic (exact) mass is 342 g/mol. The lowest BCUT2D eigenvalue weighted by Crippen LogP contribution is -2.11. The zero-order chi connectivity index (χ0) is 18.2. The summed E-state index contributed by atoms with van der Waals surface area (Å²) in [4.78, 5) is 10.6. The Kier molecular flexibility index (Phi) is 6.45. The van der Waals surface area contributed by atoms with Crippen molar-refractivity contribution in [3.63, 3.8) is 0 Å². The van der Waals surface area contributed by atoms with Crippen LogP contribution in [0.3, 0.4) is 0 Å². The van der Waals surface area contributed by atoms with Gasteiger partial charge in [0.05, 0.1) is 11.7 Å². The average Bonchev–Trinajstić information content (AvgIpc) is 3.07. The minimum absolute atomic E-state index is 0.0622. The van der Waals surface area contributed by atoms with Crippen LogP contribution in [0.15, 0.2) is 58.9 Å². The van der Waals surface area contributed by atoms with Crippen LogP contribution in [0, 0.1) is 0 Å². The van der Waals surface area contributed by atoms with Crippen molar-refractivity contribution in [3.8, 4) is 0 Å². The van der Waals surface area contributed by atoms with Gasteiger partial charge in [0, 0.05) is 18.1 Å². The number of aliphatic carboxylic acids is 1. The molecule has 3 N–H and O–H groups in total. The molecule has 0 saturated carbocycles. The SMILES string of the molecule is CC(/C=C/C1=C(O)CCC[C@@H]1c1nn[nH]n1)=C\C=C\C(C)=C\C(=O)O. The van der Waals surface area contributed by atoms with Crippen LogP contribution in [0.2, 0.25) is 0 Å². The fourth-order valence-electron chi connectivity index (χ4n) is 2.64. The minimum Gasteiger partial charge on any atom is -0.512 e. The number of nitrogens with zero attached hydrogens (tertiary/aromatic N) is 3. The van der Waals surface area contributed by atoms with Gasteiger partial charge in [-0.15, -0.1) is 10.2 Å². The first-order valence-electron chi connectivity index (χ1n) is 8.07. The maximum Gasteiger partial charge on any atom is 0.328 e. The Morgan fingerprint density at radius 3 is 2.76 bits per heavy atom. The van der Waals surface area contributed by atoms with E-state index < -0.39 is 5.97 Å². The average molecular weight is 342 g/mol. The molecule has 25 heavy (non-hydrogen) atoms. The van der Waals surface area contributed by atoms with Gasteiger partial charge in [-0.25, -0.2) is 4.79 Å². The van der Waals surface area contributed by atoms with Crippen LogP contribution in [0.25, 0.3) is 0 Å². The van der Waals surface area contributed by atoms with Gasteiger partial charge >= 0.3 is 5.97 Å². The molecule has 0 spiro atoms. The number of aromatic nitrogens is 4. The van der Waals surface area contributed by atoms with Gasteiger partial charge in [0.1, 0.15) is 0 Å². The first kappa shape index (κ1) is 18.4. The summed E-state index contributed by atoms with van der Waals surface area (Å²) in [6, 6.07) is 0. The highest BCUT2D eigenvalue weighted by molar-refractivity contribution is 5.81. The van der Waals surface area contributed by atoms with E-state index in [0.717, 1.165) is 30.1 Å². The number of tetrazole rings is 1. The molecule has 1 aromatic rings. The van der Waals surface area contributed by atoms with Crippen LogP contribution in [0.4, 0.5) is 0 Å². The summed E-state index contributed by atoms with van der Waals surface area (Å²) < 4.78 is 0. The zero-order valence-corrected chi connectivity index (χ0v) is 14.3. The number of hydrogen-bond donors (Lipinski definition) is 3. The fraction of sp³-hybridized carbons (Fsp3) is 0.333. The van der Waals surface area contributed by atoms with Crippen LogP contribution >= 0.6 is 0 Å². The van der Waals surface area contributed by atoms with Gasteiger partial charge in [-0.1, -0.05) is 41.2 Å². The van der Waals surface area contributed by atoms with E-state index in [1.807, 2.05) is 25.2 Å². The Morgan fingerprint density at radius 2 is 2.08 bits per heavy atom. The first-order chi connectivity index (χ1) is 12.0. The molecule has 1 aliphatic carbocycles. The molecule has 0 radical (unpaired) electrons. The second-order valence-electron chi connectivity index (χ2n) is 5.95. The van der Waals surface area contributed by atoms with Crippen molar-refractivity contribution in [1.29, 1.82) is 0 Å². The van der Waals surface area contributed by atoms with Gasteiger partial charge < -0.3 is 10.2 Å². The molecule has 1 atom stereocenters. The maximum atomic E-state index is 10.6. The number of rotatable bonds is 6. The number of aliphatic hydroxyl groups is 1. The van der Waals surface area contributed by atoms with Crippen LogP contribution in [0.5, 0.6) is 0 Å². The number of carboxylic acids is 1.